The molecular weight excluding hydrogens is 771 g/mol. The summed E-state index contributed by atoms with van der Waals surface area (Å²) in [5.74, 6) is 0. The molecule has 1 radical (unpaired) electrons. The van der Waals surface area contributed by atoms with E-state index in [9.17, 15) is 0 Å². The first kappa shape index (κ1) is 27.2. The van der Waals surface area contributed by atoms with E-state index < -0.39 is 6.85 Å². The van der Waals surface area contributed by atoms with Gasteiger partial charge < -0.3 is 15.3 Å². The number of nitrogens with zero attached hydrogens (tertiary/aromatic N) is 2. The molecule has 8 aromatic rings. The maximum atomic E-state index is 7.62. The van der Waals surface area contributed by atoms with Gasteiger partial charge in [0.2, 0.25) is 0 Å². The number of aromatic nitrogens is 2. The van der Waals surface area contributed by atoms with Crippen LogP contribution in [0.4, 0.5) is 11.4 Å². The van der Waals surface area contributed by atoms with Gasteiger partial charge in [-0.2, -0.15) is 0 Å². The Morgan fingerprint density at radius 2 is 1.47 bits per heavy atom. The summed E-state index contributed by atoms with van der Waals surface area (Å²) in [4.78, 5) is 8.66. The standard InChI is InChI=1S/C31H21N2S.C11H8N.Ir/c1-18-10-12-27(32-17-18)20-11-13-28-24(14-20)21-7-5-8-22(19(21)2)25-16-31-26(15-29(25)33-28)23-6-3-4-9-30(23)34-31;1-2-6-10(7-3-1)11-8-4-5-9-12-11;/h3-10,12-17,33H,1-2H3;1-6,8-9H;/q2*-1;/i1D3;;. The summed E-state index contributed by atoms with van der Waals surface area (Å²) in [5, 5.41) is 6.24. The third kappa shape index (κ3) is 5.90. The van der Waals surface area contributed by atoms with E-state index in [1.807, 2.05) is 59.9 Å². The van der Waals surface area contributed by atoms with E-state index in [4.69, 9.17) is 4.11 Å². The Kier molecular flexibility index (Phi) is 7.56. The van der Waals surface area contributed by atoms with Gasteiger partial charge in [-0.25, -0.2) is 0 Å². The number of benzene rings is 5. The second-order valence-corrected chi connectivity index (χ2v) is 12.3. The number of rotatable bonds is 2. The maximum absolute atomic E-state index is 7.62. The van der Waals surface area contributed by atoms with Crippen LogP contribution in [0, 0.1) is 25.9 Å². The molecule has 0 saturated heterocycles. The van der Waals surface area contributed by atoms with Crippen molar-refractivity contribution < 1.29 is 24.2 Å². The molecule has 0 fully saturated rings. The average Bonchev–Trinajstić information content (AvgIpc) is 3.50. The molecule has 0 aliphatic carbocycles. The Balaban J connectivity index is 0.000000255. The van der Waals surface area contributed by atoms with Crippen molar-refractivity contribution in [1.29, 1.82) is 0 Å². The van der Waals surface area contributed by atoms with Crippen molar-refractivity contribution in [3.8, 4) is 44.8 Å². The quantitative estimate of drug-likeness (QED) is 0.177. The fourth-order valence-corrected chi connectivity index (χ4v) is 7.18. The number of aryl methyl sites for hydroxylation is 1. The molecule has 1 aliphatic heterocycles. The Labute approximate surface area is 296 Å². The molecule has 0 atom stereocenters. The van der Waals surface area contributed by atoms with E-state index in [0.29, 0.717) is 5.69 Å². The molecule has 1 aliphatic rings. The first-order valence-electron chi connectivity index (χ1n) is 16.6. The van der Waals surface area contributed by atoms with Crippen LogP contribution in [0.3, 0.4) is 0 Å². The second-order valence-electron chi connectivity index (χ2n) is 11.2. The molecule has 9 rings (SSSR count). The summed E-state index contributed by atoms with van der Waals surface area (Å²) in [7, 11) is 0. The SMILES string of the molecule is [2H]C([2H])([2H])c1ccc(-c2[c-]cc3c(c2)-c2cccc(c2C)-c2cc4sc5ccccc5c4cc2N3)nc1.[Ir].[c-]1ccccc1-c1ccccn1. The molecule has 5 heteroatoms. The Morgan fingerprint density at radius 1 is 0.660 bits per heavy atom. The summed E-state index contributed by atoms with van der Waals surface area (Å²) in [5.41, 5.74) is 11.6. The predicted molar refractivity (Wildman–Crippen MR) is 194 cm³/mol. The van der Waals surface area contributed by atoms with E-state index in [2.05, 4.69) is 95.0 Å². The monoisotopic (exact) mass is 803 g/mol. The van der Waals surface area contributed by atoms with Crippen LogP contribution in [0.1, 0.15) is 15.2 Å². The summed E-state index contributed by atoms with van der Waals surface area (Å²) < 4.78 is 25.4. The van der Waals surface area contributed by atoms with Gasteiger partial charge in [-0.3, -0.25) is 0 Å². The van der Waals surface area contributed by atoms with Crippen LogP contribution in [-0.2, 0) is 20.1 Å². The summed E-state index contributed by atoms with van der Waals surface area (Å²) in [6, 6.07) is 47.2. The fraction of sp³-hybridized carbons (Fsp3) is 0.0476. The van der Waals surface area contributed by atoms with Gasteiger partial charge in [0.05, 0.1) is 0 Å². The molecule has 47 heavy (non-hydrogen) atoms. The number of hydrogen-bond donors (Lipinski definition) is 1. The van der Waals surface area contributed by atoms with Crippen LogP contribution in [-0.4, -0.2) is 9.97 Å². The van der Waals surface area contributed by atoms with E-state index in [1.54, 1.807) is 18.3 Å². The van der Waals surface area contributed by atoms with E-state index in [1.165, 1.54) is 43.1 Å². The molecule has 229 valence electrons. The van der Waals surface area contributed by atoms with Crippen molar-refractivity contribution in [3.63, 3.8) is 0 Å². The van der Waals surface area contributed by atoms with E-state index >= 15 is 0 Å². The normalized spacial score (nSPS) is 12.4. The molecule has 5 aromatic carbocycles. The molecule has 2 bridgehead atoms. The Morgan fingerprint density at radius 3 is 2.23 bits per heavy atom. The fourth-order valence-electron chi connectivity index (χ4n) is 6.06. The Bertz CT molecular complexity index is 2420. The zero-order valence-corrected chi connectivity index (χ0v) is 28.5. The summed E-state index contributed by atoms with van der Waals surface area (Å²) in [6.07, 6.45) is 3.22. The molecule has 0 amide bonds. The van der Waals surface area contributed by atoms with Gasteiger partial charge in [0.25, 0.3) is 0 Å². The predicted octanol–water partition coefficient (Wildman–Crippen LogP) is 11.5. The first-order valence-corrected chi connectivity index (χ1v) is 15.9. The number of thiophene rings is 1. The maximum Gasteiger partial charge on any atom is 0.0388 e. The minimum atomic E-state index is -2.17. The number of fused-ring (bicyclic) bond motifs is 9. The van der Waals surface area contributed by atoms with Crippen LogP contribution in [0.15, 0.2) is 134 Å². The van der Waals surface area contributed by atoms with Crippen molar-refractivity contribution in [1.82, 2.24) is 9.97 Å². The van der Waals surface area contributed by atoms with Gasteiger partial charge in [0, 0.05) is 68.0 Å². The number of pyridine rings is 2. The molecule has 0 spiro atoms. The second kappa shape index (κ2) is 13.1. The first-order chi connectivity index (χ1) is 23.8. The van der Waals surface area contributed by atoms with Crippen LogP contribution >= 0.6 is 11.3 Å². The number of anilines is 2. The summed E-state index contributed by atoms with van der Waals surface area (Å²) in [6.45, 7) is 0.00769. The molecule has 0 unspecified atom stereocenters. The Hall–Kier alpha value is -4.93. The zero-order chi connectivity index (χ0) is 33.5. The third-order valence-electron chi connectivity index (χ3n) is 8.34. The van der Waals surface area contributed by atoms with Gasteiger partial charge in [0.1, 0.15) is 0 Å². The van der Waals surface area contributed by atoms with Crippen LogP contribution in [0.2, 0.25) is 0 Å². The number of nitrogens with one attached hydrogen (secondary N) is 1. The molecule has 0 saturated carbocycles. The van der Waals surface area contributed by atoms with Crippen molar-refractivity contribution in [3.05, 3.63) is 157 Å². The van der Waals surface area contributed by atoms with Gasteiger partial charge in [0.15, 0.2) is 0 Å². The molecule has 3 aromatic heterocycles. The van der Waals surface area contributed by atoms with Crippen LogP contribution in [0.5, 0.6) is 0 Å². The van der Waals surface area contributed by atoms with Crippen LogP contribution < -0.4 is 5.32 Å². The third-order valence-corrected chi connectivity index (χ3v) is 9.47. The molecule has 3 nitrogen and oxygen atoms in total. The average molecular weight is 803 g/mol. The van der Waals surface area contributed by atoms with Crippen molar-refractivity contribution in [2.75, 3.05) is 5.32 Å². The molecule has 4 heterocycles. The minimum absolute atomic E-state index is 0. The van der Waals surface area contributed by atoms with Crippen molar-refractivity contribution in [2.24, 2.45) is 0 Å². The molecule has 1 N–H and O–H groups in total. The zero-order valence-electron chi connectivity index (χ0n) is 28.3. The molecular formula is C42H29IrN3S-2. The van der Waals surface area contributed by atoms with Crippen molar-refractivity contribution in [2.45, 2.75) is 13.8 Å². The summed E-state index contributed by atoms with van der Waals surface area (Å²) >= 11 is 1.83. The van der Waals surface area contributed by atoms with Gasteiger partial charge in [-0.15, -0.1) is 71.0 Å². The van der Waals surface area contributed by atoms with E-state index in [-0.39, 0.29) is 25.7 Å². The minimum Gasteiger partial charge on any atom is -0.394 e. The number of hydrogen-bond acceptors (Lipinski definition) is 4. The van der Waals surface area contributed by atoms with Crippen molar-refractivity contribution >= 4 is 42.9 Å². The smallest absolute Gasteiger partial charge is 0.0388 e. The van der Waals surface area contributed by atoms with E-state index in [0.717, 1.165) is 39.3 Å². The van der Waals surface area contributed by atoms with Gasteiger partial charge >= 0.3 is 0 Å². The van der Waals surface area contributed by atoms with Gasteiger partial charge in [-0.05, 0) is 77.4 Å². The topological polar surface area (TPSA) is 37.8 Å². The van der Waals surface area contributed by atoms with Gasteiger partial charge in [-0.1, -0.05) is 66.2 Å². The van der Waals surface area contributed by atoms with Crippen LogP contribution in [0.25, 0.3) is 64.9 Å². The largest absolute Gasteiger partial charge is 0.394 e.